The Morgan fingerprint density at radius 1 is 1.20 bits per heavy atom. The summed E-state index contributed by atoms with van der Waals surface area (Å²) in [6, 6.07) is 0.655. The van der Waals surface area contributed by atoms with Crippen molar-refractivity contribution in [2.75, 3.05) is 13.7 Å². The molecule has 0 saturated heterocycles. The minimum absolute atomic E-state index is 0.0147. The van der Waals surface area contributed by atoms with Gasteiger partial charge in [0.2, 0.25) is 0 Å². The van der Waals surface area contributed by atoms with Crippen molar-refractivity contribution in [2.24, 2.45) is 34.5 Å². The van der Waals surface area contributed by atoms with Crippen molar-refractivity contribution in [3.8, 4) is 0 Å². The molecule has 0 heterocycles. The molecule has 3 heteroatoms. The van der Waals surface area contributed by atoms with Crippen molar-refractivity contribution < 1.29 is 10.2 Å². The van der Waals surface area contributed by atoms with Crippen molar-refractivity contribution in [3.63, 3.8) is 0 Å². The molecule has 8 atom stereocenters. The fraction of sp³-hybridized carbons (Fsp3) is 0.909. The van der Waals surface area contributed by atoms with E-state index in [4.69, 9.17) is 0 Å². The van der Waals surface area contributed by atoms with Crippen LogP contribution in [-0.4, -0.2) is 36.0 Å². The molecule has 0 bridgehead atoms. The van der Waals surface area contributed by atoms with Gasteiger partial charge in [0.25, 0.3) is 0 Å². The molecule has 4 aliphatic carbocycles. The number of hydrogen-bond donors (Lipinski definition) is 3. The molecular formula is C22H37NO2. The maximum atomic E-state index is 10.4. The minimum Gasteiger partial charge on any atom is -0.396 e. The third kappa shape index (κ3) is 2.49. The summed E-state index contributed by atoms with van der Waals surface area (Å²) < 4.78 is 0. The number of nitrogens with one attached hydrogen (secondary N) is 1. The standard InChI is InChI=1S/C22H37NO2/c1-14(25)18-6-7-20-17-5-4-15-12-16(23-3)8-10-21(15,2)19(17)9-11-22(18,20)13-24/h4,14,16-20,23-25H,5-13H2,1-3H3/t14?,16-,17+,18+,19-,20-,21-,22-/m0/s1. The number of rotatable bonds is 3. The second kappa shape index (κ2) is 6.35. The van der Waals surface area contributed by atoms with Crippen LogP contribution in [0.5, 0.6) is 0 Å². The lowest BCUT2D eigenvalue weighted by Gasteiger charge is -2.58. The van der Waals surface area contributed by atoms with Gasteiger partial charge in [0.15, 0.2) is 0 Å². The summed E-state index contributed by atoms with van der Waals surface area (Å²) in [6.07, 6.45) is 12.0. The molecule has 1 unspecified atom stereocenters. The van der Waals surface area contributed by atoms with Crippen LogP contribution in [0.3, 0.4) is 0 Å². The van der Waals surface area contributed by atoms with Crippen molar-refractivity contribution in [2.45, 2.75) is 77.4 Å². The van der Waals surface area contributed by atoms with Gasteiger partial charge < -0.3 is 15.5 Å². The molecule has 4 rings (SSSR count). The van der Waals surface area contributed by atoms with E-state index in [0.29, 0.717) is 29.2 Å². The predicted octanol–water partition coefficient (Wildman–Crippen LogP) is 3.51. The smallest absolute Gasteiger partial charge is 0.0546 e. The number of hydrogen-bond acceptors (Lipinski definition) is 3. The number of allylic oxidation sites excluding steroid dienone is 1. The first kappa shape index (κ1) is 18.0. The van der Waals surface area contributed by atoms with Gasteiger partial charge in [-0.3, -0.25) is 0 Å². The van der Waals surface area contributed by atoms with E-state index < -0.39 is 0 Å². The van der Waals surface area contributed by atoms with Crippen molar-refractivity contribution in [3.05, 3.63) is 11.6 Å². The predicted molar refractivity (Wildman–Crippen MR) is 101 cm³/mol. The van der Waals surface area contributed by atoms with Crippen LogP contribution < -0.4 is 5.32 Å². The zero-order valence-corrected chi connectivity index (χ0v) is 16.3. The largest absolute Gasteiger partial charge is 0.396 e. The Kier molecular flexibility index (Phi) is 4.57. The maximum absolute atomic E-state index is 10.4. The average Bonchev–Trinajstić information content (AvgIpc) is 3.01. The van der Waals surface area contributed by atoms with E-state index >= 15 is 0 Å². The summed E-state index contributed by atoms with van der Waals surface area (Å²) in [7, 11) is 2.10. The van der Waals surface area contributed by atoms with E-state index in [1.165, 1.54) is 38.5 Å². The molecule has 0 aromatic heterocycles. The zero-order chi connectivity index (χ0) is 17.8. The van der Waals surface area contributed by atoms with Crippen LogP contribution in [0.25, 0.3) is 0 Å². The van der Waals surface area contributed by atoms with Crippen LogP contribution in [0, 0.1) is 34.5 Å². The Labute approximate surface area is 153 Å². The van der Waals surface area contributed by atoms with Crippen LogP contribution in [0.1, 0.15) is 65.2 Å². The molecular weight excluding hydrogens is 310 g/mol. The molecule has 4 aliphatic rings. The first-order valence-corrected chi connectivity index (χ1v) is 10.6. The van der Waals surface area contributed by atoms with Gasteiger partial charge in [-0.2, -0.15) is 0 Å². The van der Waals surface area contributed by atoms with E-state index in [-0.39, 0.29) is 18.1 Å². The Morgan fingerprint density at radius 3 is 2.68 bits per heavy atom. The third-order valence-electron chi connectivity index (χ3n) is 9.17. The van der Waals surface area contributed by atoms with Crippen LogP contribution in [0.15, 0.2) is 11.6 Å². The highest BCUT2D eigenvalue weighted by molar-refractivity contribution is 5.26. The van der Waals surface area contributed by atoms with Gasteiger partial charge in [-0.1, -0.05) is 18.6 Å². The SMILES string of the molecule is CN[C@H]1CC[C@@]2(C)C(=CC[C@H]3[C@@H]4CC[C@H](C(C)O)[C@@]4(CO)CC[C@@H]32)C1. The molecule has 25 heavy (non-hydrogen) atoms. The Bertz CT molecular complexity index is 544. The Morgan fingerprint density at radius 2 is 2.00 bits per heavy atom. The van der Waals surface area contributed by atoms with Gasteiger partial charge in [0, 0.05) is 18.1 Å². The van der Waals surface area contributed by atoms with E-state index in [9.17, 15) is 10.2 Å². The second-order valence-electron chi connectivity index (χ2n) is 9.84. The van der Waals surface area contributed by atoms with E-state index in [1.807, 2.05) is 6.92 Å². The quantitative estimate of drug-likeness (QED) is 0.685. The highest BCUT2D eigenvalue weighted by atomic mass is 16.3. The number of fused-ring (bicyclic) bond motifs is 5. The first-order chi connectivity index (χ1) is 12.0. The van der Waals surface area contributed by atoms with Gasteiger partial charge in [-0.05, 0) is 94.4 Å². The lowest BCUT2D eigenvalue weighted by Crippen LogP contribution is -2.53. The van der Waals surface area contributed by atoms with Crippen LogP contribution in [0.2, 0.25) is 0 Å². The molecule has 0 amide bonds. The molecule has 3 nitrogen and oxygen atoms in total. The van der Waals surface area contributed by atoms with Gasteiger partial charge in [-0.25, -0.2) is 0 Å². The van der Waals surface area contributed by atoms with Crippen LogP contribution >= 0.6 is 0 Å². The molecule has 0 radical (unpaired) electrons. The van der Waals surface area contributed by atoms with Crippen molar-refractivity contribution in [1.82, 2.24) is 5.32 Å². The fourth-order valence-corrected chi connectivity index (χ4v) is 7.79. The summed E-state index contributed by atoms with van der Waals surface area (Å²) in [5.41, 5.74) is 2.07. The molecule has 142 valence electrons. The number of aliphatic hydroxyl groups is 2. The Balaban J connectivity index is 1.64. The van der Waals surface area contributed by atoms with Crippen LogP contribution in [-0.2, 0) is 0 Å². The molecule has 0 aromatic carbocycles. The average molecular weight is 348 g/mol. The summed E-state index contributed by atoms with van der Waals surface area (Å²) in [4.78, 5) is 0. The highest BCUT2D eigenvalue weighted by Gasteiger charge is 2.60. The lowest BCUT2D eigenvalue weighted by atomic mass is 9.47. The fourth-order valence-electron chi connectivity index (χ4n) is 7.79. The topological polar surface area (TPSA) is 52.5 Å². The van der Waals surface area contributed by atoms with Crippen molar-refractivity contribution in [1.29, 1.82) is 0 Å². The maximum Gasteiger partial charge on any atom is 0.0546 e. The molecule has 3 N–H and O–H groups in total. The van der Waals surface area contributed by atoms with Gasteiger partial charge >= 0.3 is 0 Å². The van der Waals surface area contributed by atoms with Gasteiger partial charge in [0.05, 0.1) is 6.10 Å². The van der Waals surface area contributed by atoms with Gasteiger partial charge in [0.1, 0.15) is 0 Å². The van der Waals surface area contributed by atoms with Gasteiger partial charge in [-0.15, -0.1) is 0 Å². The highest BCUT2D eigenvalue weighted by Crippen LogP contribution is 2.66. The van der Waals surface area contributed by atoms with E-state index in [2.05, 4.69) is 25.4 Å². The first-order valence-electron chi connectivity index (χ1n) is 10.6. The summed E-state index contributed by atoms with van der Waals surface area (Å²) in [5.74, 6) is 2.39. The van der Waals surface area contributed by atoms with Crippen LogP contribution in [0.4, 0.5) is 0 Å². The summed E-state index contributed by atoms with van der Waals surface area (Å²) in [5, 5.41) is 24.2. The molecule has 3 saturated carbocycles. The normalized spacial score (nSPS) is 50.4. The monoisotopic (exact) mass is 347 g/mol. The third-order valence-corrected chi connectivity index (χ3v) is 9.17. The van der Waals surface area contributed by atoms with Crippen molar-refractivity contribution >= 4 is 0 Å². The van der Waals surface area contributed by atoms with E-state index in [1.54, 1.807) is 5.57 Å². The van der Waals surface area contributed by atoms with E-state index in [0.717, 1.165) is 18.8 Å². The molecule has 0 spiro atoms. The minimum atomic E-state index is -0.287. The number of aliphatic hydroxyl groups excluding tert-OH is 2. The summed E-state index contributed by atoms with van der Waals surface area (Å²) >= 11 is 0. The zero-order valence-electron chi connectivity index (χ0n) is 16.3. The second-order valence-corrected chi connectivity index (χ2v) is 9.84. The Hall–Kier alpha value is -0.380. The summed E-state index contributed by atoms with van der Waals surface area (Å²) in [6.45, 7) is 4.75. The lowest BCUT2D eigenvalue weighted by molar-refractivity contribution is -0.0972. The molecule has 3 fully saturated rings. The molecule has 0 aliphatic heterocycles. The molecule has 0 aromatic rings.